The van der Waals surface area contributed by atoms with Crippen LogP contribution < -0.4 is 0 Å². The number of benzene rings is 3. The summed E-state index contributed by atoms with van der Waals surface area (Å²) in [5.74, 6) is 0. The summed E-state index contributed by atoms with van der Waals surface area (Å²) in [5.41, 5.74) is 0.564. The topological polar surface area (TPSA) is 0 Å². The zero-order chi connectivity index (χ0) is 17.9. The van der Waals surface area contributed by atoms with Gasteiger partial charge in [-0.1, -0.05) is 84.4 Å². The fourth-order valence-corrected chi connectivity index (χ4v) is 2.86. The Morgan fingerprint density at radius 2 is 1.04 bits per heavy atom. The van der Waals surface area contributed by atoms with Crippen LogP contribution in [0, 0.1) is 0 Å². The highest BCUT2D eigenvalue weighted by atomic mass is 35.5. The molecule has 3 rings (SSSR count). The van der Waals surface area contributed by atoms with E-state index < -0.39 is 11.7 Å². The lowest BCUT2D eigenvalue weighted by Crippen LogP contribution is -2.13. The van der Waals surface area contributed by atoms with Gasteiger partial charge in [-0.2, -0.15) is 13.2 Å². The predicted molar refractivity (Wildman–Crippen MR) is 96.3 cm³/mol. The number of halogens is 4. The molecule has 0 aliphatic carbocycles. The molecule has 0 spiro atoms. The van der Waals surface area contributed by atoms with Crippen molar-refractivity contribution in [2.75, 3.05) is 0 Å². The van der Waals surface area contributed by atoms with Crippen LogP contribution in [-0.2, 0) is 0 Å². The Hall–Kier alpha value is -2.52. The molecule has 0 unspecified atom stereocenters. The maximum absolute atomic E-state index is 14.0. The summed E-state index contributed by atoms with van der Waals surface area (Å²) in [5, 5.41) is 0.476. The van der Waals surface area contributed by atoms with Crippen molar-refractivity contribution >= 4 is 22.7 Å². The Morgan fingerprint density at radius 1 is 0.600 bits per heavy atom. The highest BCUT2D eigenvalue weighted by molar-refractivity contribution is 6.30. The highest BCUT2D eigenvalue weighted by Crippen LogP contribution is 2.42. The van der Waals surface area contributed by atoms with E-state index in [0.717, 1.165) is 0 Å². The van der Waals surface area contributed by atoms with Gasteiger partial charge in [-0.3, -0.25) is 0 Å². The van der Waals surface area contributed by atoms with E-state index in [0.29, 0.717) is 16.1 Å². The molecule has 0 radical (unpaired) electrons. The zero-order valence-electron chi connectivity index (χ0n) is 13.1. The second kappa shape index (κ2) is 7.16. The lowest BCUT2D eigenvalue weighted by atomic mass is 9.89. The monoisotopic (exact) mass is 358 g/mol. The highest BCUT2D eigenvalue weighted by Gasteiger charge is 2.38. The van der Waals surface area contributed by atoms with Gasteiger partial charge in [0, 0.05) is 10.6 Å². The minimum atomic E-state index is -4.51. The number of hydrogen-bond acceptors (Lipinski definition) is 0. The number of alkyl halides is 3. The first kappa shape index (κ1) is 17.3. The van der Waals surface area contributed by atoms with Gasteiger partial charge in [0.05, 0.1) is 5.57 Å². The molecule has 126 valence electrons. The molecule has 0 aliphatic rings. The molecule has 0 nitrogen and oxygen atoms in total. The predicted octanol–water partition coefficient (Wildman–Crippen LogP) is 6.86. The number of allylic oxidation sites excluding steroid dienone is 1. The van der Waals surface area contributed by atoms with Gasteiger partial charge in [0.2, 0.25) is 0 Å². The Labute approximate surface area is 149 Å². The first-order chi connectivity index (χ1) is 12.0. The molecular formula is C21H14ClF3. The maximum Gasteiger partial charge on any atom is 0.417 e. The smallest absolute Gasteiger partial charge is 0.166 e. The van der Waals surface area contributed by atoms with Crippen molar-refractivity contribution in [3.05, 3.63) is 107 Å². The average Bonchev–Trinajstić information content (AvgIpc) is 2.61. The lowest BCUT2D eigenvalue weighted by molar-refractivity contribution is -0.0685. The summed E-state index contributed by atoms with van der Waals surface area (Å²) < 4.78 is 42.1. The van der Waals surface area contributed by atoms with Gasteiger partial charge in [-0.05, 0) is 28.8 Å². The van der Waals surface area contributed by atoms with E-state index >= 15 is 0 Å². The van der Waals surface area contributed by atoms with Crippen molar-refractivity contribution in [1.29, 1.82) is 0 Å². The van der Waals surface area contributed by atoms with Gasteiger partial charge < -0.3 is 0 Å². The van der Waals surface area contributed by atoms with Crippen LogP contribution >= 0.6 is 11.6 Å². The Kier molecular flexibility index (Phi) is 4.95. The van der Waals surface area contributed by atoms with Crippen LogP contribution in [0.2, 0.25) is 5.02 Å². The first-order valence-corrected chi connectivity index (χ1v) is 8.03. The normalized spacial score (nSPS) is 12.6. The first-order valence-electron chi connectivity index (χ1n) is 7.65. The van der Waals surface area contributed by atoms with Crippen LogP contribution in [0.4, 0.5) is 13.2 Å². The molecule has 0 aliphatic heterocycles. The van der Waals surface area contributed by atoms with Crippen LogP contribution in [0.15, 0.2) is 84.9 Å². The van der Waals surface area contributed by atoms with Crippen molar-refractivity contribution in [3.63, 3.8) is 0 Å². The summed E-state index contributed by atoms with van der Waals surface area (Å²) >= 11 is 5.91. The third-order valence-electron chi connectivity index (χ3n) is 3.79. The van der Waals surface area contributed by atoms with Crippen LogP contribution in [0.5, 0.6) is 0 Å². The quantitative estimate of drug-likeness (QED) is 0.448. The van der Waals surface area contributed by atoms with Gasteiger partial charge in [0.15, 0.2) is 0 Å². The van der Waals surface area contributed by atoms with Crippen LogP contribution in [0.3, 0.4) is 0 Å². The lowest BCUT2D eigenvalue weighted by Gasteiger charge is -2.19. The SMILES string of the molecule is FC(F)(F)/C(=C(\c1ccccc1)c1ccc(Cl)cc1)c1ccccc1. The molecule has 0 saturated heterocycles. The fourth-order valence-electron chi connectivity index (χ4n) is 2.73. The van der Waals surface area contributed by atoms with Gasteiger partial charge in [-0.25, -0.2) is 0 Å². The molecule has 0 fully saturated rings. The minimum Gasteiger partial charge on any atom is -0.166 e. The van der Waals surface area contributed by atoms with Crippen LogP contribution in [-0.4, -0.2) is 6.18 Å². The largest absolute Gasteiger partial charge is 0.417 e. The molecule has 4 heteroatoms. The van der Waals surface area contributed by atoms with Crippen molar-refractivity contribution < 1.29 is 13.2 Å². The van der Waals surface area contributed by atoms with E-state index in [1.54, 1.807) is 72.8 Å². The molecule has 0 N–H and O–H groups in total. The van der Waals surface area contributed by atoms with E-state index in [1.165, 1.54) is 12.1 Å². The summed E-state index contributed by atoms with van der Waals surface area (Å²) in [6, 6.07) is 22.9. The van der Waals surface area contributed by atoms with E-state index in [4.69, 9.17) is 11.6 Å². The van der Waals surface area contributed by atoms with Crippen molar-refractivity contribution in [3.8, 4) is 0 Å². The number of rotatable bonds is 3. The van der Waals surface area contributed by atoms with Gasteiger partial charge in [0.1, 0.15) is 0 Å². The third kappa shape index (κ3) is 3.94. The molecule has 0 heterocycles. The molecule has 3 aromatic rings. The van der Waals surface area contributed by atoms with E-state index in [1.807, 2.05) is 0 Å². The Morgan fingerprint density at radius 3 is 1.52 bits per heavy atom. The van der Waals surface area contributed by atoms with E-state index in [-0.39, 0.29) is 11.1 Å². The van der Waals surface area contributed by atoms with Gasteiger partial charge in [-0.15, -0.1) is 0 Å². The summed E-state index contributed by atoms with van der Waals surface area (Å²) in [6.07, 6.45) is -4.51. The molecular weight excluding hydrogens is 345 g/mol. The molecule has 0 atom stereocenters. The summed E-state index contributed by atoms with van der Waals surface area (Å²) in [7, 11) is 0. The van der Waals surface area contributed by atoms with Crippen molar-refractivity contribution in [2.45, 2.75) is 6.18 Å². The van der Waals surface area contributed by atoms with E-state index in [9.17, 15) is 13.2 Å². The molecule has 0 amide bonds. The van der Waals surface area contributed by atoms with Crippen LogP contribution in [0.1, 0.15) is 16.7 Å². The Bertz CT molecular complexity index is 865. The second-order valence-corrected chi connectivity index (χ2v) is 5.92. The molecule has 0 bridgehead atoms. The molecule has 25 heavy (non-hydrogen) atoms. The second-order valence-electron chi connectivity index (χ2n) is 5.49. The standard InChI is InChI=1S/C21H14ClF3/c22-18-13-11-16(12-14-18)19(15-7-3-1-4-8-15)20(21(23,24)25)17-9-5-2-6-10-17/h1-14H/b20-19+. The maximum atomic E-state index is 14.0. The van der Waals surface area contributed by atoms with E-state index in [2.05, 4.69) is 0 Å². The number of hydrogen-bond donors (Lipinski definition) is 0. The zero-order valence-corrected chi connectivity index (χ0v) is 13.9. The molecule has 0 aromatic heterocycles. The summed E-state index contributed by atoms with van der Waals surface area (Å²) in [4.78, 5) is 0. The average molecular weight is 359 g/mol. The third-order valence-corrected chi connectivity index (χ3v) is 4.04. The van der Waals surface area contributed by atoms with Crippen molar-refractivity contribution in [1.82, 2.24) is 0 Å². The van der Waals surface area contributed by atoms with Crippen LogP contribution in [0.25, 0.3) is 11.1 Å². The Balaban J connectivity index is 2.37. The van der Waals surface area contributed by atoms with Gasteiger partial charge in [0.25, 0.3) is 0 Å². The fraction of sp³-hybridized carbons (Fsp3) is 0.0476. The molecule has 3 aromatic carbocycles. The van der Waals surface area contributed by atoms with Gasteiger partial charge >= 0.3 is 6.18 Å². The summed E-state index contributed by atoms with van der Waals surface area (Å²) in [6.45, 7) is 0. The minimum absolute atomic E-state index is 0.129. The van der Waals surface area contributed by atoms with Crippen molar-refractivity contribution in [2.24, 2.45) is 0 Å². The molecule has 0 saturated carbocycles.